The summed E-state index contributed by atoms with van der Waals surface area (Å²) in [7, 11) is 0. The van der Waals surface area contributed by atoms with E-state index in [1.807, 2.05) is 12.1 Å². The predicted molar refractivity (Wildman–Crippen MR) is 87.4 cm³/mol. The van der Waals surface area contributed by atoms with Crippen LogP contribution in [0.1, 0.15) is 12.5 Å². The Morgan fingerprint density at radius 2 is 1.78 bits per heavy atom. The van der Waals surface area contributed by atoms with Gasteiger partial charge in [0, 0.05) is 21.5 Å². The van der Waals surface area contributed by atoms with E-state index >= 15 is 0 Å². The minimum absolute atomic E-state index is 0.808. The van der Waals surface area contributed by atoms with Crippen molar-refractivity contribution in [3.05, 3.63) is 51.6 Å². The maximum atomic E-state index is 5.80. The van der Waals surface area contributed by atoms with Crippen LogP contribution in [-0.2, 0) is 0 Å². The highest BCUT2D eigenvalue weighted by Gasteiger charge is 2.10. The van der Waals surface area contributed by atoms with Crippen molar-refractivity contribution in [2.75, 3.05) is 17.2 Å². The molecule has 0 spiro atoms. The molecular formula is C15H17IN2. The zero-order valence-corrected chi connectivity index (χ0v) is 12.8. The third-order valence-electron chi connectivity index (χ3n) is 2.92. The maximum absolute atomic E-state index is 5.80. The number of hydrogen-bond donors (Lipinski definition) is 1. The van der Waals surface area contributed by atoms with Gasteiger partial charge < -0.3 is 10.6 Å². The molecule has 0 aliphatic heterocycles. The summed E-state index contributed by atoms with van der Waals surface area (Å²) < 4.78 is 1.18. The second-order valence-electron chi connectivity index (χ2n) is 4.29. The molecule has 18 heavy (non-hydrogen) atoms. The molecule has 0 saturated heterocycles. The molecule has 2 nitrogen and oxygen atoms in total. The zero-order valence-electron chi connectivity index (χ0n) is 10.7. The van der Waals surface area contributed by atoms with Gasteiger partial charge in [0.05, 0.1) is 5.69 Å². The second kappa shape index (κ2) is 5.61. The second-order valence-corrected chi connectivity index (χ2v) is 5.45. The van der Waals surface area contributed by atoms with Crippen molar-refractivity contribution in [1.82, 2.24) is 0 Å². The van der Waals surface area contributed by atoms with Crippen molar-refractivity contribution in [1.29, 1.82) is 0 Å². The smallest absolute Gasteiger partial charge is 0.0547 e. The van der Waals surface area contributed by atoms with Crippen LogP contribution < -0.4 is 10.6 Å². The van der Waals surface area contributed by atoms with E-state index in [0.29, 0.717) is 0 Å². The van der Waals surface area contributed by atoms with Gasteiger partial charge in [-0.1, -0.05) is 17.7 Å². The van der Waals surface area contributed by atoms with Gasteiger partial charge in [-0.05, 0) is 66.8 Å². The van der Waals surface area contributed by atoms with Gasteiger partial charge in [-0.3, -0.25) is 0 Å². The number of halogens is 1. The molecule has 0 amide bonds. The number of aryl methyl sites for hydroxylation is 1. The molecule has 2 N–H and O–H groups in total. The molecule has 0 atom stereocenters. The van der Waals surface area contributed by atoms with E-state index in [0.717, 1.165) is 12.2 Å². The molecule has 0 aromatic heterocycles. The first-order valence-corrected chi connectivity index (χ1v) is 7.09. The van der Waals surface area contributed by atoms with Gasteiger partial charge in [-0.25, -0.2) is 0 Å². The molecule has 2 rings (SSSR count). The fourth-order valence-electron chi connectivity index (χ4n) is 1.96. The van der Waals surface area contributed by atoms with E-state index < -0.39 is 0 Å². The maximum Gasteiger partial charge on any atom is 0.0547 e. The number of nitrogen functional groups attached to an aromatic ring is 1. The fraction of sp³-hybridized carbons (Fsp3) is 0.200. The SMILES string of the molecule is CCN(c1ccc(C)cc1)c1ccc(N)cc1I. The Morgan fingerprint density at radius 1 is 1.11 bits per heavy atom. The Balaban J connectivity index is 2.41. The van der Waals surface area contributed by atoms with Crippen molar-refractivity contribution < 1.29 is 0 Å². The van der Waals surface area contributed by atoms with Gasteiger partial charge in [-0.2, -0.15) is 0 Å². The third kappa shape index (κ3) is 2.77. The molecule has 0 bridgehead atoms. The van der Waals surface area contributed by atoms with Gasteiger partial charge in [0.25, 0.3) is 0 Å². The van der Waals surface area contributed by atoms with Crippen LogP contribution in [0.25, 0.3) is 0 Å². The van der Waals surface area contributed by atoms with Crippen LogP contribution in [0.4, 0.5) is 17.1 Å². The molecule has 0 aliphatic rings. The third-order valence-corrected chi connectivity index (χ3v) is 3.79. The summed E-state index contributed by atoms with van der Waals surface area (Å²) in [5.41, 5.74) is 10.3. The highest BCUT2D eigenvalue weighted by molar-refractivity contribution is 14.1. The average molecular weight is 352 g/mol. The normalized spacial score (nSPS) is 10.4. The molecule has 0 fully saturated rings. The number of anilines is 3. The van der Waals surface area contributed by atoms with Gasteiger partial charge in [0.2, 0.25) is 0 Å². The van der Waals surface area contributed by atoms with E-state index in [4.69, 9.17) is 5.73 Å². The molecule has 0 saturated carbocycles. The topological polar surface area (TPSA) is 29.3 Å². The van der Waals surface area contributed by atoms with E-state index in [2.05, 4.69) is 71.7 Å². The summed E-state index contributed by atoms with van der Waals surface area (Å²) in [5, 5.41) is 0. The van der Waals surface area contributed by atoms with E-state index in [1.54, 1.807) is 0 Å². The molecule has 0 radical (unpaired) electrons. The quantitative estimate of drug-likeness (QED) is 0.658. The van der Waals surface area contributed by atoms with Gasteiger partial charge in [0.1, 0.15) is 0 Å². The number of rotatable bonds is 3. The summed E-state index contributed by atoms with van der Waals surface area (Å²) in [5.74, 6) is 0. The standard InChI is InChI=1S/C15H17IN2/c1-3-18(13-7-4-11(2)5-8-13)15-9-6-12(17)10-14(15)16/h4-10H,3,17H2,1-2H3. The fourth-order valence-corrected chi connectivity index (χ4v) is 2.79. The van der Waals surface area contributed by atoms with Gasteiger partial charge in [-0.15, -0.1) is 0 Å². The summed E-state index contributed by atoms with van der Waals surface area (Å²) in [6.45, 7) is 5.20. The van der Waals surface area contributed by atoms with Gasteiger partial charge in [0.15, 0.2) is 0 Å². The zero-order chi connectivity index (χ0) is 13.1. The van der Waals surface area contributed by atoms with E-state index in [-0.39, 0.29) is 0 Å². The molecule has 0 aliphatic carbocycles. The van der Waals surface area contributed by atoms with E-state index in [1.165, 1.54) is 20.5 Å². The molecule has 0 unspecified atom stereocenters. The lowest BCUT2D eigenvalue weighted by Gasteiger charge is -2.25. The van der Waals surface area contributed by atoms with Crippen LogP contribution in [0.3, 0.4) is 0 Å². The van der Waals surface area contributed by atoms with Crippen molar-refractivity contribution in [3.8, 4) is 0 Å². The lowest BCUT2D eigenvalue weighted by Crippen LogP contribution is -2.17. The van der Waals surface area contributed by atoms with Crippen LogP contribution in [-0.4, -0.2) is 6.54 Å². The summed E-state index contributed by atoms with van der Waals surface area (Å²) in [4.78, 5) is 2.29. The first-order chi connectivity index (χ1) is 8.61. The Morgan fingerprint density at radius 3 is 2.33 bits per heavy atom. The highest BCUT2D eigenvalue weighted by atomic mass is 127. The van der Waals surface area contributed by atoms with Crippen LogP contribution >= 0.6 is 22.6 Å². The minimum Gasteiger partial charge on any atom is -0.399 e. The van der Waals surface area contributed by atoms with Crippen molar-refractivity contribution in [2.45, 2.75) is 13.8 Å². The number of benzene rings is 2. The minimum atomic E-state index is 0.808. The van der Waals surface area contributed by atoms with Crippen LogP contribution in [0.2, 0.25) is 0 Å². The Hall–Kier alpha value is -1.23. The number of nitrogens with two attached hydrogens (primary N) is 1. The summed E-state index contributed by atoms with van der Waals surface area (Å²) in [6, 6.07) is 14.6. The average Bonchev–Trinajstić information content (AvgIpc) is 2.35. The van der Waals surface area contributed by atoms with Crippen molar-refractivity contribution in [2.24, 2.45) is 0 Å². The first kappa shape index (κ1) is 13.2. The summed E-state index contributed by atoms with van der Waals surface area (Å²) in [6.07, 6.45) is 0. The lowest BCUT2D eigenvalue weighted by molar-refractivity contribution is 1.02. The van der Waals surface area contributed by atoms with E-state index in [9.17, 15) is 0 Å². The largest absolute Gasteiger partial charge is 0.399 e. The molecule has 2 aromatic rings. The number of hydrogen-bond acceptors (Lipinski definition) is 2. The van der Waals surface area contributed by atoms with Crippen molar-refractivity contribution in [3.63, 3.8) is 0 Å². The molecular weight excluding hydrogens is 335 g/mol. The monoisotopic (exact) mass is 352 g/mol. The lowest BCUT2D eigenvalue weighted by atomic mass is 10.2. The first-order valence-electron chi connectivity index (χ1n) is 6.01. The molecule has 0 heterocycles. The Bertz CT molecular complexity index is 535. The Labute approximate surface area is 122 Å². The van der Waals surface area contributed by atoms with Crippen LogP contribution in [0.15, 0.2) is 42.5 Å². The molecule has 3 heteroatoms. The summed E-state index contributed by atoms with van der Waals surface area (Å²) >= 11 is 2.34. The number of nitrogens with zero attached hydrogens (tertiary/aromatic N) is 1. The molecule has 2 aromatic carbocycles. The van der Waals surface area contributed by atoms with Crippen molar-refractivity contribution >= 4 is 39.7 Å². The van der Waals surface area contributed by atoms with Crippen LogP contribution in [0.5, 0.6) is 0 Å². The Kier molecular flexibility index (Phi) is 4.11. The van der Waals surface area contributed by atoms with Crippen LogP contribution in [0, 0.1) is 10.5 Å². The predicted octanol–water partition coefficient (Wildman–Crippen LogP) is 4.34. The molecule has 94 valence electrons. The highest BCUT2D eigenvalue weighted by Crippen LogP contribution is 2.30. The van der Waals surface area contributed by atoms with Gasteiger partial charge >= 0.3 is 0 Å².